The SMILES string of the molecule is COc1cc2c(cc1O)OCC[C@H]2N. The summed E-state index contributed by atoms with van der Waals surface area (Å²) in [4.78, 5) is 0. The molecule has 0 saturated carbocycles. The zero-order chi connectivity index (χ0) is 10.1. The van der Waals surface area contributed by atoms with Crippen molar-refractivity contribution in [3.8, 4) is 17.2 Å². The minimum Gasteiger partial charge on any atom is -0.504 e. The molecule has 1 aromatic rings. The summed E-state index contributed by atoms with van der Waals surface area (Å²) in [5, 5.41) is 9.51. The number of ether oxygens (including phenoxy) is 2. The van der Waals surface area contributed by atoms with Crippen LogP contribution in [0, 0.1) is 0 Å². The Kier molecular flexibility index (Phi) is 2.21. The van der Waals surface area contributed by atoms with E-state index >= 15 is 0 Å². The summed E-state index contributed by atoms with van der Waals surface area (Å²) in [5.41, 5.74) is 6.80. The van der Waals surface area contributed by atoms with E-state index in [0.29, 0.717) is 18.1 Å². The summed E-state index contributed by atoms with van der Waals surface area (Å²) < 4.78 is 10.4. The number of phenolic OH excluding ortho intramolecular Hbond substituents is 1. The van der Waals surface area contributed by atoms with Crippen LogP contribution in [0.3, 0.4) is 0 Å². The highest BCUT2D eigenvalue weighted by Gasteiger charge is 2.20. The van der Waals surface area contributed by atoms with E-state index in [0.717, 1.165) is 12.0 Å². The van der Waals surface area contributed by atoms with Gasteiger partial charge in [0.15, 0.2) is 11.5 Å². The first-order valence-electron chi connectivity index (χ1n) is 4.51. The summed E-state index contributed by atoms with van der Waals surface area (Å²) in [5.74, 6) is 1.17. The molecule has 3 N–H and O–H groups in total. The molecule has 0 radical (unpaired) electrons. The molecule has 4 nitrogen and oxygen atoms in total. The lowest BCUT2D eigenvalue weighted by Gasteiger charge is -2.23. The standard InChI is InChI=1S/C10H13NO3/c1-13-10-4-6-7(11)2-3-14-9(6)5-8(10)12/h4-5,7,12H,2-3,11H2,1H3/t7-/m1/s1. The van der Waals surface area contributed by atoms with Gasteiger partial charge in [-0.25, -0.2) is 0 Å². The summed E-state index contributed by atoms with van der Waals surface area (Å²) in [6, 6.07) is 3.25. The molecular weight excluding hydrogens is 182 g/mol. The Morgan fingerprint density at radius 2 is 2.36 bits per heavy atom. The fourth-order valence-electron chi connectivity index (χ4n) is 1.59. The van der Waals surface area contributed by atoms with Gasteiger partial charge in [0, 0.05) is 24.1 Å². The van der Waals surface area contributed by atoms with Crippen LogP contribution in [0.25, 0.3) is 0 Å². The van der Waals surface area contributed by atoms with Crippen molar-refractivity contribution in [2.45, 2.75) is 12.5 Å². The Balaban J connectivity index is 2.49. The van der Waals surface area contributed by atoms with Gasteiger partial charge in [0.05, 0.1) is 13.7 Å². The third-order valence-corrected chi connectivity index (χ3v) is 2.40. The minimum atomic E-state index is -0.0340. The largest absolute Gasteiger partial charge is 0.504 e. The maximum atomic E-state index is 9.51. The quantitative estimate of drug-likeness (QED) is 0.706. The molecule has 0 aliphatic carbocycles. The number of hydrogen-bond donors (Lipinski definition) is 2. The van der Waals surface area contributed by atoms with E-state index < -0.39 is 0 Å². The Morgan fingerprint density at radius 1 is 1.57 bits per heavy atom. The van der Waals surface area contributed by atoms with Crippen molar-refractivity contribution in [2.75, 3.05) is 13.7 Å². The Morgan fingerprint density at radius 3 is 3.07 bits per heavy atom. The molecule has 0 unspecified atom stereocenters. The molecule has 1 aromatic carbocycles. The number of rotatable bonds is 1. The van der Waals surface area contributed by atoms with Gasteiger partial charge in [-0.2, -0.15) is 0 Å². The van der Waals surface area contributed by atoms with Crippen LogP contribution in [-0.2, 0) is 0 Å². The summed E-state index contributed by atoms with van der Waals surface area (Å²) >= 11 is 0. The zero-order valence-corrected chi connectivity index (χ0v) is 7.99. The predicted octanol–water partition coefficient (Wildman–Crippen LogP) is 1.18. The lowest BCUT2D eigenvalue weighted by molar-refractivity contribution is 0.265. The molecule has 1 aliphatic rings. The van der Waals surface area contributed by atoms with Gasteiger partial charge in [0.25, 0.3) is 0 Å². The van der Waals surface area contributed by atoms with Gasteiger partial charge in [0.2, 0.25) is 0 Å². The molecular formula is C10H13NO3. The summed E-state index contributed by atoms with van der Waals surface area (Å²) in [6.07, 6.45) is 0.793. The van der Waals surface area contributed by atoms with Crippen LogP contribution in [0.1, 0.15) is 18.0 Å². The third-order valence-electron chi connectivity index (χ3n) is 2.40. The second-order valence-electron chi connectivity index (χ2n) is 3.31. The van der Waals surface area contributed by atoms with Crippen molar-refractivity contribution < 1.29 is 14.6 Å². The average molecular weight is 195 g/mol. The van der Waals surface area contributed by atoms with Crippen LogP contribution in [0.15, 0.2) is 12.1 Å². The Labute approximate surface area is 82.2 Å². The number of benzene rings is 1. The summed E-state index contributed by atoms with van der Waals surface area (Å²) in [7, 11) is 1.51. The molecule has 4 heteroatoms. The van der Waals surface area contributed by atoms with E-state index in [4.69, 9.17) is 15.2 Å². The zero-order valence-electron chi connectivity index (χ0n) is 7.99. The number of phenols is 1. The molecule has 2 rings (SSSR count). The molecule has 0 aromatic heterocycles. The van der Waals surface area contributed by atoms with Gasteiger partial charge in [-0.15, -0.1) is 0 Å². The lowest BCUT2D eigenvalue weighted by atomic mass is 10.0. The van der Waals surface area contributed by atoms with Crippen molar-refractivity contribution in [3.05, 3.63) is 17.7 Å². The second-order valence-corrected chi connectivity index (χ2v) is 3.31. The first kappa shape index (κ1) is 9.15. The van der Waals surface area contributed by atoms with Crippen LogP contribution in [0.5, 0.6) is 17.2 Å². The van der Waals surface area contributed by atoms with Crippen molar-refractivity contribution in [1.29, 1.82) is 0 Å². The molecule has 0 fully saturated rings. The fraction of sp³-hybridized carbons (Fsp3) is 0.400. The third kappa shape index (κ3) is 1.37. The highest BCUT2D eigenvalue weighted by Crippen LogP contribution is 2.39. The smallest absolute Gasteiger partial charge is 0.161 e. The molecule has 1 aliphatic heterocycles. The van der Waals surface area contributed by atoms with Crippen molar-refractivity contribution in [1.82, 2.24) is 0 Å². The van der Waals surface area contributed by atoms with Crippen LogP contribution < -0.4 is 15.2 Å². The molecule has 14 heavy (non-hydrogen) atoms. The van der Waals surface area contributed by atoms with E-state index in [9.17, 15) is 5.11 Å². The van der Waals surface area contributed by atoms with Gasteiger partial charge >= 0.3 is 0 Å². The molecule has 1 atom stereocenters. The van der Waals surface area contributed by atoms with Crippen LogP contribution >= 0.6 is 0 Å². The topological polar surface area (TPSA) is 64.7 Å². The van der Waals surface area contributed by atoms with Crippen LogP contribution in [-0.4, -0.2) is 18.8 Å². The fourth-order valence-corrected chi connectivity index (χ4v) is 1.59. The normalized spacial score (nSPS) is 19.7. The number of hydrogen-bond acceptors (Lipinski definition) is 4. The highest BCUT2D eigenvalue weighted by atomic mass is 16.5. The van der Waals surface area contributed by atoms with Gasteiger partial charge < -0.3 is 20.3 Å². The van der Waals surface area contributed by atoms with Gasteiger partial charge in [-0.3, -0.25) is 0 Å². The van der Waals surface area contributed by atoms with E-state index in [-0.39, 0.29) is 11.8 Å². The van der Waals surface area contributed by atoms with E-state index in [2.05, 4.69) is 0 Å². The average Bonchev–Trinajstić information content (AvgIpc) is 2.17. The van der Waals surface area contributed by atoms with E-state index in [1.807, 2.05) is 0 Å². The van der Waals surface area contributed by atoms with Gasteiger partial charge in [0.1, 0.15) is 5.75 Å². The number of nitrogens with two attached hydrogens (primary N) is 1. The van der Waals surface area contributed by atoms with Crippen molar-refractivity contribution in [3.63, 3.8) is 0 Å². The maximum absolute atomic E-state index is 9.51. The van der Waals surface area contributed by atoms with Crippen molar-refractivity contribution in [2.24, 2.45) is 5.73 Å². The Bertz CT molecular complexity index is 351. The van der Waals surface area contributed by atoms with Crippen LogP contribution in [0.2, 0.25) is 0 Å². The predicted molar refractivity (Wildman–Crippen MR) is 51.7 cm³/mol. The van der Waals surface area contributed by atoms with E-state index in [1.54, 1.807) is 12.1 Å². The molecule has 0 amide bonds. The van der Waals surface area contributed by atoms with Crippen molar-refractivity contribution >= 4 is 0 Å². The number of aromatic hydroxyl groups is 1. The first-order chi connectivity index (χ1) is 6.72. The molecule has 0 spiro atoms. The Hall–Kier alpha value is -1.42. The van der Waals surface area contributed by atoms with Crippen LogP contribution in [0.4, 0.5) is 0 Å². The highest BCUT2D eigenvalue weighted by molar-refractivity contribution is 5.51. The minimum absolute atomic E-state index is 0.0340. The van der Waals surface area contributed by atoms with Gasteiger partial charge in [-0.1, -0.05) is 0 Å². The summed E-state index contributed by atoms with van der Waals surface area (Å²) in [6.45, 7) is 0.597. The van der Waals surface area contributed by atoms with Gasteiger partial charge in [-0.05, 0) is 6.07 Å². The monoisotopic (exact) mass is 195 g/mol. The molecule has 0 saturated heterocycles. The van der Waals surface area contributed by atoms with E-state index in [1.165, 1.54) is 7.11 Å². The first-order valence-corrected chi connectivity index (χ1v) is 4.51. The maximum Gasteiger partial charge on any atom is 0.161 e. The lowest BCUT2D eigenvalue weighted by Crippen LogP contribution is -2.20. The molecule has 76 valence electrons. The molecule has 0 bridgehead atoms. The molecule has 1 heterocycles. The number of fused-ring (bicyclic) bond motifs is 1. The second kappa shape index (κ2) is 3.38. The number of methoxy groups -OCH3 is 1.